The van der Waals surface area contributed by atoms with Crippen molar-refractivity contribution in [2.75, 3.05) is 0 Å². The average molecular weight is 480 g/mol. The standard InChI is InChI=1S/C32H65NO/c1-3-5-7-9-11-13-15-17-18-20-22-24-26-28-30-32(31-33-34)29-27-25-23-21-19-16-14-12-10-8-6-4-2/h31-33H,3-30H2,1-2H3. The Morgan fingerprint density at radius 2 is 0.647 bits per heavy atom. The van der Waals surface area contributed by atoms with Crippen LogP contribution in [-0.2, 0) is 0 Å². The van der Waals surface area contributed by atoms with Gasteiger partial charge >= 0.3 is 0 Å². The van der Waals surface area contributed by atoms with Crippen molar-refractivity contribution in [1.29, 1.82) is 0 Å². The smallest absolute Gasteiger partial charge is 0.151 e. The maximum atomic E-state index is 10.9. The van der Waals surface area contributed by atoms with Gasteiger partial charge in [0.1, 0.15) is 0 Å². The van der Waals surface area contributed by atoms with Crippen LogP contribution in [0.5, 0.6) is 0 Å². The normalized spacial score (nSPS) is 12.6. The highest BCUT2D eigenvalue weighted by Gasteiger charge is 2.08. The van der Waals surface area contributed by atoms with E-state index in [1.807, 2.05) is 6.21 Å². The summed E-state index contributed by atoms with van der Waals surface area (Å²) in [5.41, 5.74) is 0. The first-order chi connectivity index (χ1) is 16.8. The third kappa shape index (κ3) is 27.7. The molecule has 0 aromatic rings. The van der Waals surface area contributed by atoms with Gasteiger partial charge in [-0.25, -0.2) is 5.16 Å². The van der Waals surface area contributed by atoms with Gasteiger partial charge in [0.25, 0.3) is 0 Å². The lowest BCUT2D eigenvalue weighted by atomic mass is 9.95. The first-order valence-corrected chi connectivity index (χ1v) is 16.1. The highest BCUT2D eigenvalue weighted by molar-refractivity contribution is 5.53. The molecule has 0 spiro atoms. The Hall–Kier alpha value is -0.530. The fourth-order valence-electron chi connectivity index (χ4n) is 5.26. The van der Waals surface area contributed by atoms with E-state index < -0.39 is 0 Å². The zero-order valence-corrected chi connectivity index (χ0v) is 23.9. The molecule has 0 heterocycles. The molecule has 0 rings (SSSR count). The minimum Gasteiger partial charge on any atom is -0.626 e. The first-order valence-electron chi connectivity index (χ1n) is 16.1. The van der Waals surface area contributed by atoms with E-state index in [2.05, 4.69) is 19.0 Å². The molecule has 0 amide bonds. The van der Waals surface area contributed by atoms with E-state index in [9.17, 15) is 5.21 Å². The van der Waals surface area contributed by atoms with Crippen LogP contribution in [0.1, 0.15) is 194 Å². The Morgan fingerprint density at radius 1 is 0.412 bits per heavy atom. The molecular formula is C32H65NO. The zero-order chi connectivity index (χ0) is 24.8. The summed E-state index contributed by atoms with van der Waals surface area (Å²) in [5, 5.41) is 13.0. The molecular weight excluding hydrogens is 414 g/mol. The minimum absolute atomic E-state index is 0.484. The number of unbranched alkanes of at least 4 members (excludes halogenated alkanes) is 24. The fourth-order valence-corrected chi connectivity index (χ4v) is 5.26. The summed E-state index contributed by atoms with van der Waals surface area (Å²) in [7, 11) is 0. The van der Waals surface area contributed by atoms with Crippen molar-refractivity contribution in [3.63, 3.8) is 0 Å². The van der Waals surface area contributed by atoms with Crippen LogP contribution in [-0.4, -0.2) is 6.21 Å². The number of rotatable bonds is 29. The molecule has 0 aliphatic rings. The quantitative estimate of drug-likeness (QED) is 0.0492. The predicted molar refractivity (Wildman–Crippen MR) is 155 cm³/mol. The van der Waals surface area contributed by atoms with Gasteiger partial charge in [0.05, 0.1) is 0 Å². The van der Waals surface area contributed by atoms with Gasteiger partial charge in [0.15, 0.2) is 6.21 Å². The molecule has 0 saturated heterocycles. The Bertz CT molecular complexity index is 381. The van der Waals surface area contributed by atoms with E-state index in [0.717, 1.165) is 0 Å². The molecule has 2 heteroatoms. The molecule has 0 aliphatic heterocycles. The third-order valence-electron chi connectivity index (χ3n) is 7.66. The largest absolute Gasteiger partial charge is 0.626 e. The SMILES string of the molecule is CCCCCCCCCCCCCCCCC(C=[NH+][O-])CCCCCCCCCCCCCC. The van der Waals surface area contributed by atoms with Crippen LogP contribution in [0.4, 0.5) is 0 Å². The van der Waals surface area contributed by atoms with Gasteiger partial charge in [0, 0.05) is 5.92 Å². The van der Waals surface area contributed by atoms with Gasteiger partial charge < -0.3 is 5.21 Å². The predicted octanol–water partition coefficient (Wildman–Crippen LogP) is 10.2. The minimum atomic E-state index is 0.484. The molecule has 1 unspecified atom stereocenters. The summed E-state index contributed by atoms with van der Waals surface area (Å²) in [4.78, 5) is 0. The third-order valence-corrected chi connectivity index (χ3v) is 7.66. The van der Waals surface area contributed by atoms with Gasteiger partial charge in [-0.1, -0.05) is 181 Å². The second-order valence-electron chi connectivity index (χ2n) is 11.1. The Kier molecular flexibility index (Phi) is 30.0. The molecule has 1 atom stereocenters. The monoisotopic (exact) mass is 480 g/mol. The maximum Gasteiger partial charge on any atom is 0.151 e. The summed E-state index contributed by atoms with van der Waals surface area (Å²) in [5.74, 6) is 0.484. The molecule has 0 saturated carbocycles. The second-order valence-corrected chi connectivity index (χ2v) is 11.1. The van der Waals surface area contributed by atoms with E-state index in [1.54, 1.807) is 0 Å². The van der Waals surface area contributed by atoms with E-state index in [0.29, 0.717) is 5.92 Å². The van der Waals surface area contributed by atoms with Gasteiger partial charge in [0.2, 0.25) is 0 Å². The Morgan fingerprint density at radius 3 is 0.882 bits per heavy atom. The zero-order valence-electron chi connectivity index (χ0n) is 23.9. The number of nitrogens with one attached hydrogen (secondary N) is 1. The molecule has 1 N–H and O–H groups in total. The molecule has 204 valence electrons. The summed E-state index contributed by atoms with van der Waals surface area (Å²) in [6.07, 6.45) is 40.8. The van der Waals surface area contributed by atoms with Crippen molar-refractivity contribution >= 4 is 6.21 Å². The molecule has 0 radical (unpaired) electrons. The molecule has 0 fully saturated rings. The molecule has 0 aliphatic carbocycles. The van der Waals surface area contributed by atoms with Crippen LogP contribution < -0.4 is 5.16 Å². The Labute approximate surface area is 216 Å². The summed E-state index contributed by atoms with van der Waals surface area (Å²) >= 11 is 0. The molecule has 2 nitrogen and oxygen atoms in total. The van der Waals surface area contributed by atoms with E-state index in [4.69, 9.17) is 0 Å². The van der Waals surface area contributed by atoms with E-state index in [-0.39, 0.29) is 0 Å². The highest BCUT2D eigenvalue weighted by atomic mass is 16.4. The molecule has 0 aromatic carbocycles. The highest BCUT2D eigenvalue weighted by Crippen LogP contribution is 2.18. The molecule has 34 heavy (non-hydrogen) atoms. The lowest BCUT2D eigenvalue weighted by molar-refractivity contribution is -0.370. The van der Waals surface area contributed by atoms with E-state index >= 15 is 0 Å². The lowest BCUT2D eigenvalue weighted by Gasteiger charge is -2.10. The maximum absolute atomic E-state index is 10.9. The second kappa shape index (κ2) is 30.5. The van der Waals surface area contributed by atoms with Gasteiger partial charge in [-0.3, -0.25) is 0 Å². The average Bonchev–Trinajstić information content (AvgIpc) is 2.84. The summed E-state index contributed by atoms with van der Waals surface area (Å²) in [6, 6.07) is 0. The number of hydrogen-bond donors (Lipinski definition) is 1. The molecule has 0 bridgehead atoms. The van der Waals surface area contributed by atoms with Crippen molar-refractivity contribution in [3.8, 4) is 0 Å². The van der Waals surface area contributed by atoms with Crippen LogP contribution >= 0.6 is 0 Å². The van der Waals surface area contributed by atoms with Crippen molar-refractivity contribution < 1.29 is 5.16 Å². The number of hydrogen-bond acceptors (Lipinski definition) is 1. The lowest BCUT2D eigenvalue weighted by Crippen LogP contribution is -2.61. The van der Waals surface area contributed by atoms with E-state index in [1.165, 1.54) is 180 Å². The van der Waals surface area contributed by atoms with Crippen molar-refractivity contribution in [2.24, 2.45) is 5.92 Å². The van der Waals surface area contributed by atoms with Crippen LogP contribution in [0, 0.1) is 11.1 Å². The van der Waals surface area contributed by atoms with Crippen molar-refractivity contribution in [2.45, 2.75) is 194 Å². The van der Waals surface area contributed by atoms with Gasteiger partial charge in [-0.05, 0) is 12.8 Å². The first kappa shape index (κ1) is 33.5. The van der Waals surface area contributed by atoms with Crippen molar-refractivity contribution in [1.82, 2.24) is 0 Å². The van der Waals surface area contributed by atoms with Crippen LogP contribution in [0.15, 0.2) is 0 Å². The van der Waals surface area contributed by atoms with Gasteiger partial charge in [-0.2, -0.15) is 0 Å². The van der Waals surface area contributed by atoms with Crippen LogP contribution in [0.2, 0.25) is 0 Å². The van der Waals surface area contributed by atoms with Crippen LogP contribution in [0.3, 0.4) is 0 Å². The van der Waals surface area contributed by atoms with Gasteiger partial charge in [-0.15, -0.1) is 0 Å². The van der Waals surface area contributed by atoms with Crippen molar-refractivity contribution in [3.05, 3.63) is 5.21 Å². The molecule has 0 aromatic heterocycles. The van der Waals surface area contributed by atoms with Crippen LogP contribution in [0.25, 0.3) is 0 Å². The Balaban J connectivity index is 3.39. The fraction of sp³-hybridized carbons (Fsp3) is 0.969. The summed E-state index contributed by atoms with van der Waals surface area (Å²) in [6.45, 7) is 4.58. The topological polar surface area (TPSA) is 37.0 Å². The summed E-state index contributed by atoms with van der Waals surface area (Å²) < 4.78 is 0.